The first kappa shape index (κ1) is 14.5. The van der Waals surface area contributed by atoms with Crippen molar-refractivity contribution in [3.05, 3.63) is 27.3 Å². The number of pyridine rings is 1. The number of rotatable bonds is 4. The van der Waals surface area contributed by atoms with Crippen LogP contribution >= 0.6 is 38.9 Å². The van der Waals surface area contributed by atoms with E-state index in [9.17, 15) is 8.42 Å². The fraction of sp³-hybridized carbons (Fsp3) is 0.111. The Morgan fingerprint density at radius 1 is 1.37 bits per heavy atom. The van der Waals surface area contributed by atoms with Crippen molar-refractivity contribution in [1.82, 2.24) is 9.97 Å². The SMILES string of the molecule is CNc1ncc(S(=O)(=O)Nc2ncc(Br)s2)cc1Cl. The van der Waals surface area contributed by atoms with Crippen molar-refractivity contribution in [2.45, 2.75) is 4.90 Å². The molecule has 6 nitrogen and oxygen atoms in total. The van der Waals surface area contributed by atoms with Gasteiger partial charge in [0.15, 0.2) is 5.13 Å². The number of nitrogens with zero attached hydrogens (tertiary/aromatic N) is 2. The van der Waals surface area contributed by atoms with Crippen molar-refractivity contribution in [2.75, 3.05) is 17.1 Å². The molecule has 0 aliphatic rings. The molecule has 2 aromatic rings. The highest BCUT2D eigenvalue weighted by Gasteiger charge is 2.18. The van der Waals surface area contributed by atoms with E-state index in [4.69, 9.17) is 11.6 Å². The van der Waals surface area contributed by atoms with Gasteiger partial charge in [-0.3, -0.25) is 4.72 Å². The molecule has 0 saturated carbocycles. The van der Waals surface area contributed by atoms with Crippen molar-refractivity contribution >= 4 is 59.8 Å². The predicted molar refractivity (Wildman–Crippen MR) is 79.4 cm³/mol. The van der Waals surface area contributed by atoms with Crippen LogP contribution in [0.25, 0.3) is 0 Å². The average Bonchev–Trinajstić information content (AvgIpc) is 2.73. The van der Waals surface area contributed by atoms with Crippen LogP contribution in [-0.4, -0.2) is 25.4 Å². The minimum atomic E-state index is -3.75. The molecular weight excluding hydrogens is 376 g/mol. The molecule has 0 bridgehead atoms. The first-order valence-corrected chi connectivity index (χ1v) is 8.37. The number of nitrogens with one attached hydrogen (secondary N) is 2. The van der Waals surface area contributed by atoms with Gasteiger partial charge in [0.05, 0.1) is 15.0 Å². The van der Waals surface area contributed by atoms with Crippen LogP contribution in [0.5, 0.6) is 0 Å². The Balaban J connectivity index is 2.31. The van der Waals surface area contributed by atoms with Gasteiger partial charge in [-0.1, -0.05) is 22.9 Å². The van der Waals surface area contributed by atoms with Crippen LogP contribution in [0, 0.1) is 0 Å². The Kier molecular flexibility index (Phi) is 4.29. The van der Waals surface area contributed by atoms with Gasteiger partial charge >= 0.3 is 0 Å². The summed E-state index contributed by atoms with van der Waals surface area (Å²) >= 11 is 10.3. The Morgan fingerprint density at radius 2 is 2.11 bits per heavy atom. The van der Waals surface area contributed by atoms with Gasteiger partial charge in [-0.25, -0.2) is 18.4 Å². The zero-order chi connectivity index (χ0) is 14.0. The van der Waals surface area contributed by atoms with Gasteiger partial charge in [-0.2, -0.15) is 0 Å². The van der Waals surface area contributed by atoms with E-state index >= 15 is 0 Å². The minimum absolute atomic E-state index is 0.0252. The van der Waals surface area contributed by atoms with Crippen molar-refractivity contribution in [3.8, 4) is 0 Å². The van der Waals surface area contributed by atoms with Gasteiger partial charge in [0.1, 0.15) is 10.7 Å². The lowest BCUT2D eigenvalue weighted by Gasteiger charge is -2.07. The van der Waals surface area contributed by atoms with E-state index in [1.807, 2.05) is 0 Å². The summed E-state index contributed by atoms with van der Waals surface area (Å²) in [5.41, 5.74) is 0. The van der Waals surface area contributed by atoms with E-state index in [2.05, 4.69) is 35.9 Å². The van der Waals surface area contributed by atoms with Crippen molar-refractivity contribution < 1.29 is 8.42 Å². The molecule has 0 atom stereocenters. The first-order chi connectivity index (χ1) is 8.92. The van der Waals surface area contributed by atoms with Gasteiger partial charge in [0.25, 0.3) is 10.0 Å². The number of thiazole rings is 1. The van der Waals surface area contributed by atoms with Crippen LogP contribution in [0.2, 0.25) is 5.02 Å². The standard InChI is InChI=1S/C9H8BrClN4O2S2/c1-12-8-6(11)2-5(3-13-8)19(16,17)15-9-14-4-7(10)18-9/h2-4H,1H3,(H,12,13)(H,14,15). The summed E-state index contributed by atoms with van der Waals surface area (Å²) in [5, 5.41) is 3.24. The second-order valence-corrected chi connectivity index (χ2v) is 7.83. The Hall–Kier alpha value is -0.900. The van der Waals surface area contributed by atoms with Gasteiger partial charge < -0.3 is 5.32 Å². The summed E-state index contributed by atoms with van der Waals surface area (Å²) in [6, 6.07) is 1.32. The summed E-state index contributed by atoms with van der Waals surface area (Å²) in [7, 11) is -2.10. The summed E-state index contributed by atoms with van der Waals surface area (Å²) in [6.45, 7) is 0. The Labute approximate surface area is 127 Å². The van der Waals surface area contributed by atoms with Crippen molar-refractivity contribution in [1.29, 1.82) is 0 Å². The minimum Gasteiger partial charge on any atom is -0.372 e. The molecule has 0 aliphatic heterocycles. The zero-order valence-corrected chi connectivity index (χ0v) is 13.5. The molecule has 0 fully saturated rings. The summed E-state index contributed by atoms with van der Waals surface area (Å²) in [5.74, 6) is 0.414. The number of halogens is 2. The lowest BCUT2D eigenvalue weighted by Crippen LogP contribution is -2.13. The van der Waals surface area contributed by atoms with Crippen molar-refractivity contribution in [3.63, 3.8) is 0 Å². The topological polar surface area (TPSA) is 84.0 Å². The molecule has 2 N–H and O–H groups in total. The second kappa shape index (κ2) is 5.61. The van der Waals surface area contributed by atoms with E-state index in [1.54, 1.807) is 7.05 Å². The predicted octanol–water partition coefficient (Wildman–Crippen LogP) is 2.80. The maximum atomic E-state index is 12.1. The van der Waals surface area contributed by atoms with Gasteiger partial charge in [0, 0.05) is 13.2 Å². The molecule has 2 rings (SSSR count). The third-order valence-electron chi connectivity index (χ3n) is 2.06. The third-order valence-corrected chi connectivity index (χ3v) is 5.18. The van der Waals surface area contributed by atoms with Crippen LogP contribution in [0.3, 0.4) is 0 Å². The van der Waals surface area contributed by atoms with Gasteiger partial charge in [-0.05, 0) is 22.0 Å². The fourth-order valence-corrected chi connectivity index (χ4v) is 3.87. The highest BCUT2D eigenvalue weighted by atomic mass is 79.9. The van der Waals surface area contributed by atoms with E-state index < -0.39 is 10.0 Å². The largest absolute Gasteiger partial charge is 0.372 e. The lowest BCUT2D eigenvalue weighted by atomic mass is 10.4. The molecule has 2 aromatic heterocycles. The van der Waals surface area contributed by atoms with E-state index in [0.29, 0.717) is 5.82 Å². The highest BCUT2D eigenvalue weighted by Crippen LogP contribution is 2.27. The lowest BCUT2D eigenvalue weighted by molar-refractivity contribution is 0.601. The Morgan fingerprint density at radius 3 is 2.63 bits per heavy atom. The molecular formula is C9H8BrClN4O2S2. The van der Waals surface area contributed by atoms with E-state index in [-0.39, 0.29) is 15.0 Å². The smallest absolute Gasteiger partial charge is 0.265 e. The number of hydrogen-bond acceptors (Lipinski definition) is 6. The monoisotopic (exact) mass is 382 g/mol. The first-order valence-electron chi connectivity index (χ1n) is 4.90. The molecule has 102 valence electrons. The maximum Gasteiger partial charge on any atom is 0.265 e. The van der Waals surface area contributed by atoms with Crippen LogP contribution in [-0.2, 0) is 10.0 Å². The molecule has 2 heterocycles. The molecule has 10 heteroatoms. The third kappa shape index (κ3) is 3.35. The summed E-state index contributed by atoms with van der Waals surface area (Å²) in [4.78, 5) is 7.79. The van der Waals surface area contributed by atoms with Gasteiger partial charge in [-0.15, -0.1) is 0 Å². The molecule has 0 spiro atoms. The van der Waals surface area contributed by atoms with Crippen LogP contribution in [0.1, 0.15) is 0 Å². The molecule has 19 heavy (non-hydrogen) atoms. The van der Waals surface area contributed by atoms with Crippen molar-refractivity contribution in [2.24, 2.45) is 0 Å². The van der Waals surface area contributed by atoms with E-state index in [1.165, 1.54) is 29.8 Å². The summed E-state index contributed by atoms with van der Waals surface area (Å²) < 4.78 is 27.2. The van der Waals surface area contributed by atoms with E-state index in [0.717, 1.165) is 3.79 Å². The Bertz CT molecular complexity index is 704. The highest BCUT2D eigenvalue weighted by molar-refractivity contribution is 9.11. The van der Waals surface area contributed by atoms with Gasteiger partial charge in [0.2, 0.25) is 0 Å². The molecule has 0 amide bonds. The number of aromatic nitrogens is 2. The normalized spacial score (nSPS) is 11.3. The molecule has 0 aromatic carbocycles. The maximum absolute atomic E-state index is 12.1. The average molecular weight is 384 g/mol. The van der Waals surface area contributed by atoms with Crippen LogP contribution in [0.15, 0.2) is 27.1 Å². The number of anilines is 2. The number of sulfonamides is 1. The molecule has 0 aliphatic carbocycles. The molecule has 0 unspecified atom stereocenters. The van der Waals surface area contributed by atoms with Crippen LogP contribution < -0.4 is 10.0 Å². The fourth-order valence-electron chi connectivity index (χ4n) is 1.23. The number of hydrogen-bond donors (Lipinski definition) is 2. The second-order valence-electron chi connectivity index (χ2n) is 3.33. The van der Waals surface area contributed by atoms with Crippen LogP contribution in [0.4, 0.5) is 10.9 Å². The zero-order valence-electron chi connectivity index (χ0n) is 9.52. The molecule has 0 saturated heterocycles. The molecule has 0 radical (unpaired) electrons. The quantitative estimate of drug-likeness (QED) is 0.848. The summed E-state index contributed by atoms with van der Waals surface area (Å²) in [6.07, 6.45) is 2.74.